The van der Waals surface area contributed by atoms with Crippen LogP contribution < -0.4 is 5.32 Å². The molecule has 4 rings (SSSR count). The summed E-state index contributed by atoms with van der Waals surface area (Å²) < 4.78 is 14.8. The molecule has 0 heterocycles. The van der Waals surface area contributed by atoms with Crippen LogP contribution >= 0.6 is 15.9 Å². The molecular formula is C16H19BrFN. The predicted octanol–water partition coefficient (Wildman–Crippen LogP) is 4.82. The minimum Gasteiger partial charge on any atom is -0.379 e. The summed E-state index contributed by atoms with van der Waals surface area (Å²) >= 11 is 3.46. The summed E-state index contributed by atoms with van der Waals surface area (Å²) in [6.45, 7) is 0. The first-order valence-corrected chi connectivity index (χ1v) is 8.24. The quantitative estimate of drug-likeness (QED) is 0.822. The first-order valence-electron chi connectivity index (χ1n) is 7.44. The molecular weight excluding hydrogens is 305 g/mol. The van der Waals surface area contributed by atoms with Crippen LogP contribution in [0.2, 0.25) is 0 Å². The Labute approximate surface area is 122 Å². The number of halogens is 2. The van der Waals surface area contributed by atoms with Crippen molar-refractivity contribution in [3.8, 4) is 0 Å². The molecule has 0 saturated heterocycles. The van der Waals surface area contributed by atoms with Gasteiger partial charge < -0.3 is 5.32 Å². The third-order valence-corrected chi connectivity index (χ3v) is 6.38. The number of para-hydroxylation sites is 1. The van der Waals surface area contributed by atoms with E-state index in [0.29, 0.717) is 11.7 Å². The topological polar surface area (TPSA) is 12.0 Å². The smallest absolute Gasteiger partial charge is 0.147 e. The lowest BCUT2D eigenvalue weighted by Crippen LogP contribution is -2.34. The Hall–Kier alpha value is -0.570. The summed E-state index contributed by atoms with van der Waals surface area (Å²) in [5, 5.41) is 3.50. The van der Waals surface area contributed by atoms with Crippen LogP contribution in [0.15, 0.2) is 22.7 Å². The second-order valence-corrected chi connectivity index (χ2v) is 7.36. The fourth-order valence-corrected chi connectivity index (χ4v) is 5.51. The number of nitrogens with one attached hydrogen (secondary N) is 1. The number of hydrogen-bond acceptors (Lipinski definition) is 1. The van der Waals surface area contributed by atoms with E-state index in [1.165, 1.54) is 32.1 Å². The summed E-state index contributed by atoms with van der Waals surface area (Å²) in [5.41, 5.74) is 0.662. The minimum atomic E-state index is -0.139. The van der Waals surface area contributed by atoms with Gasteiger partial charge in [-0.2, -0.15) is 0 Å². The van der Waals surface area contributed by atoms with Gasteiger partial charge in [0.2, 0.25) is 0 Å². The molecule has 1 N–H and O–H groups in total. The van der Waals surface area contributed by atoms with Gasteiger partial charge in [-0.15, -0.1) is 0 Å². The Balaban J connectivity index is 1.56. The number of hydrogen-bond donors (Lipinski definition) is 1. The van der Waals surface area contributed by atoms with E-state index >= 15 is 0 Å². The first kappa shape index (κ1) is 12.2. The van der Waals surface area contributed by atoms with E-state index in [0.717, 1.165) is 28.1 Å². The van der Waals surface area contributed by atoms with Gasteiger partial charge in [0, 0.05) is 10.5 Å². The first-order chi connectivity index (χ1) is 9.24. The summed E-state index contributed by atoms with van der Waals surface area (Å²) in [6.07, 6.45) is 6.88. The molecule has 19 heavy (non-hydrogen) atoms. The van der Waals surface area contributed by atoms with E-state index in [9.17, 15) is 4.39 Å². The summed E-state index contributed by atoms with van der Waals surface area (Å²) in [5.74, 6) is 3.46. The molecule has 3 aliphatic carbocycles. The van der Waals surface area contributed by atoms with E-state index in [2.05, 4.69) is 21.2 Å². The molecule has 5 atom stereocenters. The SMILES string of the molecule is Fc1cccc(Br)c1NC1CC2CC1C1CCCC21. The molecule has 3 aliphatic rings. The zero-order valence-electron chi connectivity index (χ0n) is 10.9. The van der Waals surface area contributed by atoms with Gasteiger partial charge in [-0.25, -0.2) is 4.39 Å². The highest BCUT2D eigenvalue weighted by Gasteiger charge is 2.53. The number of anilines is 1. The molecule has 0 radical (unpaired) electrons. The molecule has 2 bridgehead atoms. The van der Waals surface area contributed by atoms with Crippen molar-refractivity contribution in [2.45, 2.75) is 38.1 Å². The fourth-order valence-electron chi connectivity index (χ4n) is 5.06. The Kier molecular flexibility index (Phi) is 2.87. The van der Waals surface area contributed by atoms with Crippen LogP contribution in [-0.2, 0) is 0 Å². The van der Waals surface area contributed by atoms with E-state index in [1.54, 1.807) is 12.1 Å². The third-order valence-electron chi connectivity index (χ3n) is 5.72. The van der Waals surface area contributed by atoms with Crippen LogP contribution in [-0.4, -0.2) is 6.04 Å². The lowest BCUT2D eigenvalue weighted by atomic mass is 9.79. The largest absolute Gasteiger partial charge is 0.379 e. The van der Waals surface area contributed by atoms with Crippen LogP contribution in [0.3, 0.4) is 0 Å². The van der Waals surface area contributed by atoms with Gasteiger partial charge in [0.1, 0.15) is 5.82 Å². The lowest BCUT2D eigenvalue weighted by Gasteiger charge is -2.33. The third kappa shape index (κ3) is 1.84. The van der Waals surface area contributed by atoms with Crippen LogP contribution in [0.5, 0.6) is 0 Å². The van der Waals surface area contributed by atoms with Crippen LogP contribution in [0.25, 0.3) is 0 Å². The Bertz CT molecular complexity index is 483. The molecule has 5 unspecified atom stereocenters. The van der Waals surface area contributed by atoms with E-state index in [1.807, 2.05) is 6.07 Å². The maximum Gasteiger partial charge on any atom is 0.147 e. The van der Waals surface area contributed by atoms with Gasteiger partial charge in [-0.1, -0.05) is 12.5 Å². The highest BCUT2D eigenvalue weighted by molar-refractivity contribution is 9.10. The van der Waals surface area contributed by atoms with Gasteiger partial charge in [0.25, 0.3) is 0 Å². The van der Waals surface area contributed by atoms with Crippen molar-refractivity contribution in [2.24, 2.45) is 23.7 Å². The van der Waals surface area contributed by atoms with Crippen molar-refractivity contribution in [3.05, 3.63) is 28.5 Å². The number of rotatable bonds is 2. The van der Waals surface area contributed by atoms with E-state index in [-0.39, 0.29) is 5.82 Å². The van der Waals surface area contributed by atoms with Crippen molar-refractivity contribution >= 4 is 21.6 Å². The van der Waals surface area contributed by atoms with Crippen LogP contribution in [0, 0.1) is 29.5 Å². The Morgan fingerprint density at radius 2 is 1.95 bits per heavy atom. The predicted molar refractivity (Wildman–Crippen MR) is 78.6 cm³/mol. The summed E-state index contributed by atoms with van der Waals surface area (Å²) in [6, 6.07) is 5.69. The second kappa shape index (κ2) is 4.47. The standard InChI is InChI=1S/C16H19BrFN/c17-13-5-2-6-14(18)16(13)19-15-8-9-7-12(15)11-4-1-3-10(9)11/h2,5-6,9-12,15,19H,1,3-4,7-8H2. The fraction of sp³-hybridized carbons (Fsp3) is 0.625. The molecule has 3 fully saturated rings. The molecule has 0 aliphatic heterocycles. The van der Waals surface area contributed by atoms with Crippen molar-refractivity contribution in [3.63, 3.8) is 0 Å². The van der Waals surface area contributed by atoms with Gasteiger partial charge in [-0.3, -0.25) is 0 Å². The highest BCUT2D eigenvalue weighted by Crippen LogP contribution is 2.59. The molecule has 0 spiro atoms. The molecule has 1 aromatic rings. The average Bonchev–Trinajstić information content (AvgIpc) is 3.05. The Morgan fingerprint density at radius 1 is 1.11 bits per heavy atom. The monoisotopic (exact) mass is 323 g/mol. The zero-order valence-corrected chi connectivity index (χ0v) is 12.5. The summed E-state index contributed by atoms with van der Waals surface area (Å²) in [4.78, 5) is 0. The van der Waals surface area contributed by atoms with Crippen molar-refractivity contribution in [2.75, 3.05) is 5.32 Å². The van der Waals surface area contributed by atoms with Crippen LogP contribution in [0.1, 0.15) is 32.1 Å². The number of benzene rings is 1. The van der Waals surface area contributed by atoms with Crippen molar-refractivity contribution in [1.82, 2.24) is 0 Å². The van der Waals surface area contributed by atoms with Crippen molar-refractivity contribution in [1.29, 1.82) is 0 Å². The zero-order chi connectivity index (χ0) is 13.0. The maximum absolute atomic E-state index is 13.9. The highest BCUT2D eigenvalue weighted by atomic mass is 79.9. The normalized spacial score (nSPS) is 39.6. The molecule has 1 aromatic carbocycles. The average molecular weight is 324 g/mol. The molecule has 0 aromatic heterocycles. The van der Waals surface area contributed by atoms with Gasteiger partial charge >= 0.3 is 0 Å². The minimum absolute atomic E-state index is 0.139. The Morgan fingerprint density at radius 3 is 2.79 bits per heavy atom. The lowest BCUT2D eigenvalue weighted by molar-refractivity contribution is 0.243. The number of fused-ring (bicyclic) bond motifs is 5. The van der Waals surface area contributed by atoms with Gasteiger partial charge in [0.15, 0.2) is 0 Å². The molecule has 1 nitrogen and oxygen atoms in total. The molecule has 3 heteroatoms. The second-order valence-electron chi connectivity index (χ2n) is 6.50. The molecule has 102 valence electrons. The summed E-state index contributed by atoms with van der Waals surface area (Å²) in [7, 11) is 0. The van der Waals surface area contributed by atoms with Gasteiger partial charge in [0.05, 0.1) is 5.69 Å². The maximum atomic E-state index is 13.9. The van der Waals surface area contributed by atoms with Gasteiger partial charge in [-0.05, 0) is 77.4 Å². The van der Waals surface area contributed by atoms with Crippen LogP contribution in [0.4, 0.5) is 10.1 Å². The molecule has 0 amide bonds. The van der Waals surface area contributed by atoms with E-state index < -0.39 is 0 Å². The molecule has 3 saturated carbocycles. The van der Waals surface area contributed by atoms with E-state index in [4.69, 9.17) is 0 Å². The van der Waals surface area contributed by atoms with Crippen molar-refractivity contribution < 1.29 is 4.39 Å².